The predicted molar refractivity (Wildman–Crippen MR) is 88.2 cm³/mol. The van der Waals surface area contributed by atoms with Gasteiger partial charge in [0, 0.05) is 24.6 Å². The van der Waals surface area contributed by atoms with Gasteiger partial charge in [0.15, 0.2) is 11.5 Å². The van der Waals surface area contributed by atoms with Crippen LogP contribution in [-0.4, -0.2) is 66.9 Å². The van der Waals surface area contributed by atoms with Crippen molar-refractivity contribution >= 4 is 11.0 Å². The van der Waals surface area contributed by atoms with Crippen LogP contribution in [0.1, 0.15) is 0 Å². The maximum Gasteiger partial charge on any atom is 0.336 e. The number of fused-ring (bicyclic) bond motifs is 1. The van der Waals surface area contributed by atoms with E-state index in [0.717, 1.165) is 0 Å². The molecule has 3 rings (SSSR count). The third-order valence-electron chi connectivity index (χ3n) is 4.24. The van der Waals surface area contributed by atoms with Crippen LogP contribution in [0.5, 0.6) is 11.5 Å². The lowest BCUT2D eigenvalue weighted by Crippen LogP contribution is -2.60. The highest BCUT2D eigenvalue weighted by Gasteiger charge is 2.46. The van der Waals surface area contributed by atoms with Crippen LogP contribution in [0.2, 0.25) is 0 Å². The molecule has 1 aliphatic heterocycles. The van der Waals surface area contributed by atoms with Crippen molar-refractivity contribution in [3.8, 4) is 11.5 Å². The minimum atomic E-state index is -1.44. The van der Waals surface area contributed by atoms with E-state index in [1.165, 1.54) is 26.4 Å². The summed E-state index contributed by atoms with van der Waals surface area (Å²) in [6, 6.07) is 5.88. The fourth-order valence-electron chi connectivity index (χ4n) is 2.89. The summed E-state index contributed by atoms with van der Waals surface area (Å²) >= 11 is 0. The molecule has 1 aromatic heterocycles. The van der Waals surface area contributed by atoms with E-state index >= 15 is 0 Å². The van der Waals surface area contributed by atoms with E-state index in [1.54, 1.807) is 12.1 Å². The predicted octanol–water partition coefficient (Wildman–Crippen LogP) is -0.366. The first-order valence-electron chi connectivity index (χ1n) is 7.92. The second-order valence-corrected chi connectivity index (χ2v) is 5.82. The summed E-state index contributed by atoms with van der Waals surface area (Å²) in [5, 5.41) is 30.5. The zero-order chi connectivity index (χ0) is 18.8. The van der Waals surface area contributed by atoms with E-state index in [1.807, 2.05) is 0 Å². The number of benzene rings is 1. The third kappa shape index (κ3) is 3.39. The Hall–Kier alpha value is -2.17. The van der Waals surface area contributed by atoms with Crippen molar-refractivity contribution in [1.82, 2.24) is 0 Å². The summed E-state index contributed by atoms with van der Waals surface area (Å²) in [7, 11) is 2.76. The molecule has 142 valence electrons. The van der Waals surface area contributed by atoms with Gasteiger partial charge in [-0.15, -0.1) is 0 Å². The van der Waals surface area contributed by atoms with Crippen LogP contribution >= 0.6 is 0 Å². The maximum absolute atomic E-state index is 11.4. The number of ether oxygens (including phenoxy) is 4. The molecular formula is C17H20O9. The third-order valence-corrected chi connectivity index (χ3v) is 4.24. The first-order chi connectivity index (χ1) is 12.5. The second kappa shape index (κ2) is 7.60. The molecule has 1 saturated heterocycles. The van der Waals surface area contributed by atoms with Crippen molar-refractivity contribution in [3.05, 3.63) is 34.7 Å². The first-order valence-corrected chi connectivity index (χ1v) is 7.92. The van der Waals surface area contributed by atoms with Gasteiger partial charge in [-0.2, -0.15) is 0 Å². The van der Waals surface area contributed by atoms with Crippen LogP contribution in [0, 0.1) is 0 Å². The van der Waals surface area contributed by atoms with Gasteiger partial charge in [-0.1, -0.05) is 0 Å². The Kier molecular flexibility index (Phi) is 5.44. The molecule has 1 fully saturated rings. The minimum absolute atomic E-state index is 0.137. The molecule has 5 atom stereocenters. The molecule has 26 heavy (non-hydrogen) atoms. The van der Waals surface area contributed by atoms with Gasteiger partial charge in [0.1, 0.15) is 30.0 Å². The molecule has 5 unspecified atom stereocenters. The molecule has 0 radical (unpaired) electrons. The molecule has 2 aromatic rings. The van der Waals surface area contributed by atoms with E-state index in [4.69, 9.17) is 23.4 Å². The van der Waals surface area contributed by atoms with E-state index in [2.05, 4.69) is 0 Å². The summed E-state index contributed by atoms with van der Waals surface area (Å²) in [4.78, 5) is 11.4. The fourth-order valence-corrected chi connectivity index (χ4v) is 2.89. The Labute approximate surface area is 148 Å². The summed E-state index contributed by atoms with van der Waals surface area (Å²) in [6.45, 7) is -0.439. The monoisotopic (exact) mass is 368 g/mol. The molecule has 0 spiro atoms. The average Bonchev–Trinajstić information content (AvgIpc) is 2.64. The van der Waals surface area contributed by atoms with Gasteiger partial charge in [-0.05, 0) is 12.1 Å². The van der Waals surface area contributed by atoms with Gasteiger partial charge in [0.05, 0.1) is 13.7 Å². The van der Waals surface area contributed by atoms with Crippen LogP contribution in [-0.2, 0) is 9.47 Å². The Balaban J connectivity index is 1.93. The number of aliphatic hydroxyl groups excluding tert-OH is 3. The number of hydrogen-bond acceptors (Lipinski definition) is 9. The lowest BCUT2D eigenvalue weighted by Gasteiger charge is -2.41. The van der Waals surface area contributed by atoms with Crippen molar-refractivity contribution in [2.75, 3.05) is 20.8 Å². The smallest absolute Gasteiger partial charge is 0.336 e. The van der Waals surface area contributed by atoms with Gasteiger partial charge in [0.2, 0.25) is 6.29 Å². The van der Waals surface area contributed by atoms with Gasteiger partial charge >= 0.3 is 5.63 Å². The van der Waals surface area contributed by atoms with Crippen LogP contribution in [0.4, 0.5) is 0 Å². The molecule has 0 bridgehead atoms. The van der Waals surface area contributed by atoms with Crippen LogP contribution in [0.25, 0.3) is 11.0 Å². The molecule has 3 N–H and O–H groups in total. The highest BCUT2D eigenvalue weighted by Crippen LogP contribution is 2.34. The molecule has 1 aliphatic rings. The maximum atomic E-state index is 11.4. The van der Waals surface area contributed by atoms with Crippen LogP contribution in [0.3, 0.4) is 0 Å². The van der Waals surface area contributed by atoms with E-state index < -0.39 is 42.9 Å². The molecule has 0 saturated carbocycles. The van der Waals surface area contributed by atoms with Gasteiger partial charge in [-0.25, -0.2) is 4.79 Å². The SMILES string of the molecule is COc1cc2ccc(=O)oc2cc1OC1OC(CO)C(OC)C(O)C1O. The van der Waals surface area contributed by atoms with Crippen molar-refractivity contribution in [2.24, 2.45) is 0 Å². The topological polar surface area (TPSA) is 128 Å². The highest BCUT2D eigenvalue weighted by molar-refractivity contribution is 5.80. The lowest BCUT2D eigenvalue weighted by molar-refractivity contribution is -0.282. The van der Waals surface area contributed by atoms with E-state index in [-0.39, 0.29) is 11.3 Å². The molecule has 0 amide bonds. The number of rotatable bonds is 5. The standard InChI is InChI=1S/C17H20O9/c1-22-10-5-8-3-4-13(19)24-9(8)6-11(10)25-17-15(21)14(20)16(23-2)12(7-18)26-17/h3-6,12,14-18,20-21H,7H2,1-2H3. The molecule has 9 nitrogen and oxygen atoms in total. The van der Waals surface area contributed by atoms with Gasteiger partial charge in [0.25, 0.3) is 0 Å². The highest BCUT2D eigenvalue weighted by atomic mass is 16.7. The van der Waals surface area contributed by atoms with Crippen molar-refractivity contribution in [3.63, 3.8) is 0 Å². The summed E-state index contributed by atoms with van der Waals surface area (Å²) in [5.41, 5.74) is -0.270. The van der Waals surface area contributed by atoms with Crippen LogP contribution in [0.15, 0.2) is 33.5 Å². The van der Waals surface area contributed by atoms with Gasteiger partial charge < -0.3 is 38.7 Å². The zero-order valence-corrected chi connectivity index (χ0v) is 14.2. The summed E-state index contributed by atoms with van der Waals surface area (Å²) in [5.74, 6) is 0.448. The molecule has 0 aliphatic carbocycles. The quantitative estimate of drug-likeness (QED) is 0.606. The molecule has 9 heteroatoms. The molecule has 1 aromatic carbocycles. The van der Waals surface area contributed by atoms with Crippen molar-refractivity contribution in [1.29, 1.82) is 0 Å². The first kappa shape index (κ1) is 18.6. The minimum Gasteiger partial charge on any atom is -0.493 e. The Morgan fingerprint density at radius 2 is 1.88 bits per heavy atom. The van der Waals surface area contributed by atoms with E-state index in [0.29, 0.717) is 11.1 Å². The molecular weight excluding hydrogens is 348 g/mol. The summed E-state index contributed by atoms with van der Waals surface area (Å²) in [6.07, 6.45) is -5.87. The van der Waals surface area contributed by atoms with Crippen LogP contribution < -0.4 is 15.1 Å². The Bertz CT molecular complexity index is 815. The number of methoxy groups -OCH3 is 2. The second-order valence-electron chi connectivity index (χ2n) is 5.82. The number of aliphatic hydroxyl groups is 3. The number of hydrogen-bond donors (Lipinski definition) is 3. The fraction of sp³-hybridized carbons (Fsp3) is 0.471. The summed E-state index contributed by atoms with van der Waals surface area (Å²) < 4.78 is 26.6. The average molecular weight is 368 g/mol. The zero-order valence-electron chi connectivity index (χ0n) is 14.2. The normalized spacial score (nSPS) is 28.9. The Morgan fingerprint density at radius 1 is 1.12 bits per heavy atom. The van der Waals surface area contributed by atoms with E-state index in [9.17, 15) is 20.1 Å². The van der Waals surface area contributed by atoms with Crippen molar-refractivity contribution < 1.29 is 38.7 Å². The largest absolute Gasteiger partial charge is 0.493 e. The van der Waals surface area contributed by atoms with Gasteiger partial charge in [-0.3, -0.25) is 0 Å². The van der Waals surface area contributed by atoms with Crippen molar-refractivity contribution in [2.45, 2.75) is 30.7 Å². The lowest BCUT2D eigenvalue weighted by atomic mass is 9.99. The Morgan fingerprint density at radius 3 is 2.54 bits per heavy atom. The molecule has 2 heterocycles.